The minimum atomic E-state index is -0.446. The zero-order chi connectivity index (χ0) is 22.0. The first-order valence-electron chi connectivity index (χ1n) is 10.9. The van der Waals surface area contributed by atoms with Crippen LogP contribution in [0.2, 0.25) is 0 Å². The standard InChI is InChI=1S/C25H24FN5O/c1-14-6-4-7-16-8-5-9-18(20(14)16)22-21(26)23-19(10-27-22)24(29-25(28-23)32-3)30-11-15(2)31-13-17(31)12-30/h4-10,15,17H,11-13H2,1-3H3. The molecule has 32 heavy (non-hydrogen) atoms. The Labute approximate surface area is 185 Å². The number of rotatable bonds is 3. The molecule has 0 saturated carbocycles. The number of hydrogen-bond acceptors (Lipinski definition) is 6. The van der Waals surface area contributed by atoms with Gasteiger partial charge in [-0.25, -0.2) is 4.39 Å². The molecule has 162 valence electrons. The van der Waals surface area contributed by atoms with Gasteiger partial charge in [-0.2, -0.15) is 9.97 Å². The molecular formula is C25H24FN5O. The van der Waals surface area contributed by atoms with Crippen molar-refractivity contribution < 1.29 is 9.13 Å². The summed E-state index contributed by atoms with van der Waals surface area (Å²) in [4.78, 5) is 18.3. The summed E-state index contributed by atoms with van der Waals surface area (Å²) in [6, 6.07) is 13.1. The van der Waals surface area contributed by atoms with Crippen LogP contribution in [-0.4, -0.2) is 58.7 Å². The molecule has 6 nitrogen and oxygen atoms in total. The Morgan fingerprint density at radius 2 is 1.88 bits per heavy atom. The van der Waals surface area contributed by atoms with Gasteiger partial charge in [0.05, 0.1) is 12.5 Å². The SMILES string of the molecule is COc1nc(N2CC(C)N3CC3C2)c2cnc(-c3cccc4cccc(C)c34)c(F)c2n1. The van der Waals surface area contributed by atoms with Crippen molar-refractivity contribution in [3.05, 3.63) is 54.0 Å². The lowest BCUT2D eigenvalue weighted by molar-refractivity contribution is 0.353. The predicted molar refractivity (Wildman–Crippen MR) is 124 cm³/mol. The van der Waals surface area contributed by atoms with Crippen molar-refractivity contribution in [1.82, 2.24) is 19.9 Å². The van der Waals surface area contributed by atoms with E-state index in [1.807, 2.05) is 43.3 Å². The van der Waals surface area contributed by atoms with E-state index in [9.17, 15) is 0 Å². The molecule has 3 unspecified atom stereocenters. The van der Waals surface area contributed by atoms with Gasteiger partial charge >= 0.3 is 6.01 Å². The van der Waals surface area contributed by atoms with Gasteiger partial charge in [-0.3, -0.25) is 9.88 Å². The van der Waals surface area contributed by atoms with E-state index in [2.05, 4.69) is 31.7 Å². The third-order valence-corrected chi connectivity index (χ3v) is 6.73. The molecule has 0 bridgehead atoms. The van der Waals surface area contributed by atoms with Crippen LogP contribution in [0, 0.1) is 12.7 Å². The predicted octanol–water partition coefficient (Wildman–Crippen LogP) is 4.19. The molecule has 2 fully saturated rings. The molecule has 0 aliphatic carbocycles. The fourth-order valence-electron chi connectivity index (χ4n) is 5.09. The highest BCUT2D eigenvalue weighted by atomic mass is 19.1. The Kier molecular flexibility index (Phi) is 4.30. The number of fused-ring (bicyclic) bond motifs is 3. The molecule has 4 aromatic rings. The second-order valence-electron chi connectivity index (χ2n) is 8.80. The van der Waals surface area contributed by atoms with Crippen molar-refractivity contribution in [2.75, 3.05) is 31.6 Å². The summed E-state index contributed by atoms with van der Waals surface area (Å²) in [7, 11) is 1.51. The van der Waals surface area contributed by atoms with Crippen LogP contribution in [0.25, 0.3) is 32.9 Å². The van der Waals surface area contributed by atoms with Gasteiger partial charge in [-0.15, -0.1) is 0 Å². The van der Waals surface area contributed by atoms with Gasteiger partial charge in [0.2, 0.25) is 0 Å². The number of anilines is 1. The summed E-state index contributed by atoms with van der Waals surface area (Å²) in [6.07, 6.45) is 1.71. The Hall–Kier alpha value is -3.32. The van der Waals surface area contributed by atoms with E-state index in [4.69, 9.17) is 4.74 Å². The highest BCUT2D eigenvalue weighted by Crippen LogP contribution is 2.37. The van der Waals surface area contributed by atoms with Gasteiger partial charge in [0, 0.05) is 43.5 Å². The van der Waals surface area contributed by atoms with E-state index in [-0.39, 0.29) is 11.5 Å². The lowest BCUT2D eigenvalue weighted by atomic mass is 9.97. The molecule has 2 aliphatic rings. The van der Waals surface area contributed by atoms with E-state index in [0.717, 1.165) is 41.5 Å². The normalized spacial score (nSPS) is 22.2. The number of aromatic nitrogens is 3. The first kappa shape index (κ1) is 19.4. The Bertz CT molecular complexity index is 1370. The van der Waals surface area contributed by atoms with Crippen molar-refractivity contribution in [2.45, 2.75) is 25.9 Å². The summed E-state index contributed by atoms with van der Waals surface area (Å²) in [5.74, 6) is 0.246. The molecule has 0 N–H and O–H groups in total. The number of aryl methyl sites for hydroxylation is 1. The van der Waals surface area contributed by atoms with Crippen molar-refractivity contribution in [3.8, 4) is 17.3 Å². The van der Waals surface area contributed by atoms with Crippen LogP contribution >= 0.6 is 0 Å². The number of benzene rings is 2. The third kappa shape index (κ3) is 2.92. The van der Waals surface area contributed by atoms with Crippen LogP contribution in [0.5, 0.6) is 6.01 Å². The summed E-state index contributed by atoms with van der Waals surface area (Å²) in [5, 5.41) is 2.67. The minimum absolute atomic E-state index is 0.170. The molecule has 0 spiro atoms. The highest BCUT2D eigenvalue weighted by Gasteiger charge is 2.44. The van der Waals surface area contributed by atoms with Crippen LogP contribution in [0.15, 0.2) is 42.6 Å². The number of nitrogens with zero attached hydrogens (tertiary/aromatic N) is 5. The Morgan fingerprint density at radius 1 is 1.06 bits per heavy atom. The zero-order valence-corrected chi connectivity index (χ0v) is 18.3. The number of pyridine rings is 1. The number of ether oxygens (including phenoxy) is 1. The molecule has 6 rings (SSSR count). The van der Waals surface area contributed by atoms with Crippen LogP contribution in [-0.2, 0) is 0 Å². The topological polar surface area (TPSA) is 54.1 Å². The lowest BCUT2D eigenvalue weighted by Crippen LogP contribution is -2.44. The van der Waals surface area contributed by atoms with Crippen LogP contribution in [0.4, 0.5) is 10.2 Å². The maximum atomic E-state index is 16.0. The van der Waals surface area contributed by atoms with Crippen molar-refractivity contribution in [2.24, 2.45) is 0 Å². The molecule has 3 atom stereocenters. The largest absolute Gasteiger partial charge is 0.467 e. The monoisotopic (exact) mass is 429 g/mol. The van der Waals surface area contributed by atoms with Gasteiger partial charge in [0.15, 0.2) is 5.82 Å². The second kappa shape index (κ2) is 7.10. The van der Waals surface area contributed by atoms with Gasteiger partial charge in [0.25, 0.3) is 0 Å². The van der Waals surface area contributed by atoms with Crippen LogP contribution in [0.1, 0.15) is 12.5 Å². The van der Waals surface area contributed by atoms with Crippen LogP contribution < -0.4 is 9.64 Å². The van der Waals surface area contributed by atoms with Crippen molar-refractivity contribution >= 4 is 27.5 Å². The summed E-state index contributed by atoms with van der Waals surface area (Å²) in [6.45, 7) is 7.05. The van der Waals surface area contributed by atoms with Gasteiger partial charge in [-0.1, -0.05) is 36.4 Å². The molecule has 2 aliphatic heterocycles. The first-order chi connectivity index (χ1) is 15.5. The average molecular weight is 429 g/mol. The van der Waals surface area contributed by atoms with E-state index in [1.54, 1.807) is 6.20 Å². The third-order valence-electron chi connectivity index (χ3n) is 6.73. The quantitative estimate of drug-likeness (QED) is 0.455. The van der Waals surface area contributed by atoms with Gasteiger partial charge in [-0.05, 0) is 30.2 Å². The maximum absolute atomic E-state index is 16.0. The highest BCUT2D eigenvalue weighted by molar-refractivity contribution is 6.00. The van der Waals surface area contributed by atoms with Crippen molar-refractivity contribution in [3.63, 3.8) is 0 Å². The smallest absolute Gasteiger partial charge is 0.318 e. The molecule has 2 saturated heterocycles. The molecule has 2 aromatic heterocycles. The van der Waals surface area contributed by atoms with Crippen molar-refractivity contribution in [1.29, 1.82) is 0 Å². The van der Waals surface area contributed by atoms with E-state index >= 15 is 4.39 Å². The summed E-state index contributed by atoms with van der Waals surface area (Å²) < 4.78 is 21.4. The second-order valence-corrected chi connectivity index (χ2v) is 8.80. The maximum Gasteiger partial charge on any atom is 0.318 e. The molecule has 2 aromatic carbocycles. The zero-order valence-electron chi connectivity index (χ0n) is 18.3. The van der Waals surface area contributed by atoms with E-state index in [0.29, 0.717) is 29.0 Å². The van der Waals surface area contributed by atoms with Gasteiger partial charge in [0.1, 0.15) is 17.0 Å². The van der Waals surface area contributed by atoms with Crippen LogP contribution in [0.3, 0.4) is 0 Å². The number of piperazine rings is 1. The summed E-state index contributed by atoms with van der Waals surface area (Å²) in [5.41, 5.74) is 2.38. The number of hydrogen-bond donors (Lipinski definition) is 0. The molecule has 0 amide bonds. The van der Waals surface area contributed by atoms with E-state index < -0.39 is 5.82 Å². The first-order valence-corrected chi connectivity index (χ1v) is 10.9. The minimum Gasteiger partial charge on any atom is -0.467 e. The molecule has 7 heteroatoms. The molecular weight excluding hydrogens is 405 g/mol. The lowest BCUT2D eigenvalue weighted by Gasteiger charge is -2.33. The Balaban J connectivity index is 1.56. The summed E-state index contributed by atoms with van der Waals surface area (Å²) >= 11 is 0. The molecule has 0 radical (unpaired) electrons. The number of halogens is 1. The van der Waals surface area contributed by atoms with Gasteiger partial charge < -0.3 is 9.64 Å². The average Bonchev–Trinajstić information content (AvgIpc) is 3.59. The fourth-order valence-corrected chi connectivity index (χ4v) is 5.09. The fraction of sp³-hybridized carbons (Fsp3) is 0.320. The Morgan fingerprint density at radius 3 is 2.66 bits per heavy atom. The number of methoxy groups -OCH3 is 1. The van der Waals surface area contributed by atoms with E-state index in [1.165, 1.54) is 7.11 Å². The molecule has 4 heterocycles.